The summed E-state index contributed by atoms with van der Waals surface area (Å²) >= 11 is 4.97. The Labute approximate surface area is 134 Å². The minimum absolute atomic E-state index is 0.0981. The monoisotopic (exact) mass is 323 g/mol. The summed E-state index contributed by atoms with van der Waals surface area (Å²) in [4.78, 5) is 23.0. The Bertz CT molecular complexity index is 542. The lowest BCUT2D eigenvalue weighted by atomic mass is 9.88. The van der Waals surface area contributed by atoms with E-state index in [9.17, 15) is 14.9 Å². The van der Waals surface area contributed by atoms with Gasteiger partial charge in [-0.1, -0.05) is 42.1 Å². The van der Waals surface area contributed by atoms with Crippen molar-refractivity contribution in [3.05, 3.63) is 35.9 Å². The van der Waals surface area contributed by atoms with Crippen molar-refractivity contribution in [1.29, 1.82) is 5.26 Å². The number of hydrogen-bond donors (Lipinski definition) is 2. The molecule has 21 heavy (non-hydrogen) atoms. The molecular weight excluding hydrogens is 306 g/mol. The number of aryl methyl sites for hydroxylation is 1. The lowest BCUT2D eigenvalue weighted by Gasteiger charge is -2.21. The summed E-state index contributed by atoms with van der Waals surface area (Å²) in [6.45, 7) is 1.47. The highest BCUT2D eigenvalue weighted by Crippen LogP contribution is 2.31. The maximum Gasteiger partial charge on any atom is 0.316 e. The fourth-order valence-electron chi connectivity index (χ4n) is 1.71. The first-order valence-electron chi connectivity index (χ1n) is 6.42. The number of rotatable bonds is 7. The molecule has 1 aromatic carbocycles. The van der Waals surface area contributed by atoms with Crippen LogP contribution in [-0.4, -0.2) is 27.2 Å². The number of carbonyl (C=O) groups excluding carboxylic acids is 1. The van der Waals surface area contributed by atoms with Gasteiger partial charge in [0.05, 0.1) is 6.07 Å². The molecule has 2 unspecified atom stereocenters. The van der Waals surface area contributed by atoms with E-state index >= 15 is 0 Å². The molecule has 0 spiro atoms. The molecule has 4 nitrogen and oxygen atoms in total. The molecule has 112 valence electrons. The Morgan fingerprint density at radius 1 is 1.43 bits per heavy atom. The predicted molar refractivity (Wildman–Crippen MR) is 86.4 cm³/mol. The number of carboxylic acid groups (broad SMARTS) is 1. The lowest BCUT2D eigenvalue weighted by molar-refractivity contribution is -0.136. The number of aliphatic carboxylic acids is 1. The summed E-state index contributed by atoms with van der Waals surface area (Å²) in [5, 5.41) is 16.7. The number of thiol groups is 1. The van der Waals surface area contributed by atoms with Crippen molar-refractivity contribution in [2.45, 2.75) is 25.0 Å². The average molecular weight is 323 g/mol. The Morgan fingerprint density at radius 3 is 2.57 bits per heavy atom. The second kappa shape index (κ2) is 8.11. The van der Waals surface area contributed by atoms with E-state index in [1.807, 2.05) is 36.4 Å². The summed E-state index contributed by atoms with van der Waals surface area (Å²) in [6.07, 6.45) is 0.626. The molecule has 0 saturated carbocycles. The van der Waals surface area contributed by atoms with E-state index in [1.165, 1.54) is 6.92 Å². The third kappa shape index (κ3) is 5.44. The highest BCUT2D eigenvalue weighted by atomic mass is 32.2. The van der Waals surface area contributed by atoms with Gasteiger partial charge < -0.3 is 5.11 Å². The molecule has 1 N–H and O–H groups in total. The molecule has 0 aliphatic carbocycles. The number of hydrogen-bond acceptors (Lipinski definition) is 5. The SMILES string of the molecule is CC(C#N)(CC(S)C(=O)O)C(=O)SCCc1ccccc1. The third-order valence-electron chi connectivity index (χ3n) is 3.05. The van der Waals surface area contributed by atoms with Gasteiger partial charge in [-0.2, -0.15) is 17.9 Å². The van der Waals surface area contributed by atoms with Crippen molar-refractivity contribution in [2.75, 3.05) is 5.75 Å². The normalized spacial score (nSPS) is 14.7. The van der Waals surface area contributed by atoms with E-state index in [-0.39, 0.29) is 11.5 Å². The average Bonchev–Trinajstić information content (AvgIpc) is 2.47. The fourth-order valence-corrected chi connectivity index (χ4v) is 3.05. The van der Waals surface area contributed by atoms with Crippen LogP contribution >= 0.6 is 24.4 Å². The van der Waals surface area contributed by atoms with Gasteiger partial charge in [0.2, 0.25) is 5.12 Å². The Morgan fingerprint density at radius 2 is 2.05 bits per heavy atom. The first-order chi connectivity index (χ1) is 9.89. The van der Waals surface area contributed by atoms with Crippen molar-refractivity contribution >= 4 is 35.5 Å². The molecule has 0 fully saturated rings. The van der Waals surface area contributed by atoms with Gasteiger partial charge >= 0.3 is 5.97 Å². The van der Waals surface area contributed by atoms with Gasteiger partial charge in [-0.25, -0.2) is 0 Å². The van der Waals surface area contributed by atoms with Gasteiger partial charge in [-0.3, -0.25) is 9.59 Å². The van der Waals surface area contributed by atoms with Crippen molar-refractivity contribution < 1.29 is 14.7 Å². The van der Waals surface area contributed by atoms with Crippen LogP contribution in [0.3, 0.4) is 0 Å². The number of benzene rings is 1. The Balaban J connectivity index is 2.55. The van der Waals surface area contributed by atoms with Crippen LogP contribution in [0.2, 0.25) is 0 Å². The minimum atomic E-state index is -1.33. The smallest absolute Gasteiger partial charge is 0.316 e. The van der Waals surface area contributed by atoms with Crippen molar-refractivity contribution in [1.82, 2.24) is 0 Å². The van der Waals surface area contributed by atoms with Crippen molar-refractivity contribution in [3.8, 4) is 6.07 Å². The highest BCUT2D eigenvalue weighted by Gasteiger charge is 2.37. The summed E-state index contributed by atoms with van der Waals surface area (Å²) < 4.78 is 0. The molecule has 6 heteroatoms. The Hall–Kier alpha value is -1.45. The molecule has 0 amide bonds. The maximum absolute atomic E-state index is 12.2. The van der Waals surface area contributed by atoms with Gasteiger partial charge in [0.1, 0.15) is 10.7 Å². The number of thioether (sulfide) groups is 1. The van der Waals surface area contributed by atoms with Crippen LogP contribution in [0.1, 0.15) is 18.9 Å². The number of nitrogens with zero attached hydrogens (tertiary/aromatic N) is 1. The molecule has 0 radical (unpaired) electrons. The second-order valence-electron chi connectivity index (χ2n) is 4.87. The second-order valence-corrected chi connectivity index (χ2v) is 6.56. The van der Waals surface area contributed by atoms with Crippen LogP contribution in [0, 0.1) is 16.7 Å². The van der Waals surface area contributed by atoms with Crippen LogP contribution in [0.25, 0.3) is 0 Å². The van der Waals surface area contributed by atoms with Gasteiger partial charge in [-0.05, 0) is 25.3 Å². The molecule has 1 aromatic rings. The van der Waals surface area contributed by atoms with Crippen LogP contribution in [0.5, 0.6) is 0 Å². The number of carboxylic acids is 1. The molecule has 0 aromatic heterocycles. The molecule has 0 aliphatic heterocycles. The fraction of sp³-hybridized carbons (Fsp3) is 0.400. The van der Waals surface area contributed by atoms with E-state index < -0.39 is 16.6 Å². The van der Waals surface area contributed by atoms with Crippen LogP contribution in [0.4, 0.5) is 0 Å². The standard InChI is InChI=1S/C15H17NO3S2/c1-15(10-16,9-12(20)13(17)18)14(19)21-8-7-11-5-3-2-4-6-11/h2-6,12,20H,7-9H2,1H3,(H,17,18). The molecule has 0 bridgehead atoms. The van der Waals surface area contributed by atoms with Gasteiger partial charge in [0, 0.05) is 5.75 Å². The molecule has 0 heterocycles. The van der Waals surface area contributed by atoms with E-state index in [1.54, 1.807) is 0 Å². The summed E-state index contributed by atoms with van der Waals surface area (Å²) in [7, 11) is 0. The van der Waals surface area contributed by atoms with E-state index in [2.05, 4.69) is 12.6 Å². The summed E-state index contributed by atoms with van der Waals surface area (Å²) in [5.41, 5.74) is -0.208. The number of carbonyl (C=O) groups is 2. The molecule has 0 aliphatic rings. The van der Waals surface area contributed by atoms with Gasteiger partial charge in [0.25, 0.3) is 0 Å². The third-order valence-corrected chi connectivity index (χ3v) is 4.58. The summed E-state index contributed by atoms with van der Waals surface area (Å²) in [6, 6.07) is 11.7. The Kier molecular flexibility index (Phi) is 6.79. The van der Waals surface area contributed by atoms with Crippen LogP contribution in [-0.2, 0) is 16.0 Å². The zero-order chi connectivity index (χ0) is 15.9. The van der Waals surface area contributed by atoms with E-state index in [4.69, 9.17) is 5.11 Å². The first-order valence-corrected chi connectivity index (χ1v) is 7.92. The van der Waals surface area contributed by atoms with Crippen LogP contribution in [0.15, 0.2) is 30.3 Å². The molecule has 0 saturated heterocycles. The van der Waals surface area contributed by atoms with Crippen molar-refractivity contribution in [3.63, 3.8) is 0 Å². The van der Waals surface area contributed by atoms with E-state index in [0.717, 1.165) is 23.7 Å². The van der Waals surface area contributed by atoms with E-state index in [0.29, 0.717) is 5.75 Å². The molecule has 1 rings (SSSR count). The maximum atomic E-state index is 12.2. The minimum Gasteiger partial charge on any atom is -0.480 e. The zero-order valence-electron chi connectivity index (χ0n) is 11.7. The summed E-state index contributed by atoms with van der Waals surface area (Å²) in [5.74, 6) is -0.563. The first kappa shape index (κ1) is 17.6. The highest BCUT2D eigenvalue weighted by molar-refractivity contribution is 8.13. The zero-order valence-corrected chi connectivity index (χ0v) is 13.4. The predicted octanol–water partition coefficient (Wildman–Crippen LogP) is 2.79. The topological polar surface area (TPSA) is 78.2 Å². The van der Waals surface area contributed by atoms with Crippen LogP contribution < -0.4 is 0 Å². The largest absolute Gasteiger partial charge is 0.480 e. The van der Waals surface area contributed by atoms with Gasteiger partial charge in [0.15, 0.2) is 0 Å². The quantitative estimate of drug-likeness (QED) is 0.754. The lowest BCUT2D eigenvalue weighted by Crippen LogP contribution is -2.30. The van der Waals surface area contributed by atoms with Gasteiger partial charge in [-0.15, -0.1) is 0 Å². The van der Waals surface area contributed by atoms with Crippen molar-refractivity contribution in [2.24, 2.45) is 5.41 Å². The molecule has 2 atom stereocenters. The molecular formula is C15H17NO3S2. The number of nitriles is 1.